The van der Waals surface area contributed by atoms with Crippen LogP contribution in [0.5, 0.6) is 0 Å². The lowest BCUT2D eigenvalue weighted by Crippen LogP contribution is -2.38. The Labute approximate surface area is 186 Å². The van der Waals surface area contributed by atoms with Crippen molar-refractivity contribution >= 4 is 34.6 Å². The lowest BCUT2D eigenvalue weighted by molar-refractivity contribution is 0.0221. The minimum atomic E-state index is 0.764. The van der Waals surface area contributed by atoms with E-state index < -0.39 is 0 Å². The van der Waals surface area contributed by atoms with Gasteiger partial charge in [-0.3, -0.25) is 9.88 Å². The maximum atomic E-state index is 5.83. The van der Waals surface area contributed by atoms with E-state index in [1.165, 1.54) is 10.5 Å². The molecular weight excluding hydrogens is 416 g/mol. The first-order valence-electron chi connectivity index (χ1n) is 10.3. The molecule has 0 saturated carbocycles. The van der Waals surface area contributed by atoms with E-state index in [0.717, 1.165) is 79.5 Å². The number of pyridine rings is 1. The molecule has 3 heterocycles. The van der Waals surface area contributed by atoms with Crippen molar-refractivity contribution in [3.8, 4) is 0 Å². The maximum Gasteiger partial charge on any atom is 0.166 e. The first-order valence-corrected chi connectivity index (χ1v) is 12.3. The van der Waals surface area contributed by atoms with Crippen LogP contribution in [0.4, 0.5) is 0 Å². The van der Waals surface area contributed by atoms with Crippen LogP contribution < -0.4 is 0 Å². The number of morpholine rings is 1. The van der Waals surface area contributed by atoms with Crippen molar-refractivity contribution in [2.75, 3.05) is 51.8 Å². The van der Waals surface area contributed by atoms with E-state index in [0.29, 0.717) is 0 Å². The number of hydrogen-bond donors (Lipinski definition) is 1. The molecule has 1 N–H and O–H groups in total. The highest BCUT2D eigenvalue weighted by atomic mass is 32.2. The molecule has 0 atom stereocenters. The molecule has 160 valence electrons. The van der Waals surface area contributed by atoms with E-state index in [4.69, 9.17) is 9.47 Å². The number of thioether (sulfide) groups is 2. The van der Waals surface area contributed by atoms with Crippen molar-refractivity contribution in [1.82, 2.24) is 19.9 Å². The van der Waals surface area contributed by atoms with E-state index in [9.17, 15) is 0 Å². The SMILES string of the molecule is Cc1c(SCCOCCN2CCOCC2)ccnc1CSc1nc2ccccc2[nH]1. The second-order valence-corrected chi connectivity index (χ2v) is 9.24. The summed E-state index contributed by atoms with van der Waals surface area (Å²) >= 11 is 3.54. The Morgan fingerprint density at radius 3 is 2.87 bits per heavy atom. The smallest absolute Gasteiger partial charge is 0.166 e. The molecule has 8 heteroatoms. The number of benzene rings is 1. The molecule has 4 rings (SSSR count). The van der Waals surface area contributed by atoms with Gasteiger partial charge in [0.25, 0.3) is 0 Å². The minimum Gasteiger partial charge on any atom is -0.379 e. The normalized spacial score (nSPS) is 15.1. The number of ether oxygens (including phenoxy) is 2. The number of rotatable bonds is 10. The number of H-pyrrole nitrogens is 1. The molecule has 1 aliphatic heterocycles. The molecule has 0 amide bonds. The first-order chi connectivity index (χ1) is 14.8. The summed E-state index contributed by atoms with van der Waals surface area (Å²) < 4.78 is 11.2. The van der Waals surface area contributed by atoms with Gasteiger partial charge in [0.2, 0.25) is 0 Å². The number of nitrogens with one attached hydrogen (secondary N) is 1. The Morgan fingerprint density at radius 2 is 2.00 bits per heavy atom. The lowest BCUT2D eigenvalue weighted by atomic mass is 10.2. The molecule has 6 nitrogen and oxygen atoms in total. The largest absolute Gasteiger partial charge is 0.379 e. The van der Waals surface area contributed by atoms with Crippen molar-refractivity contribution in [2.45, 2.75) is 22.7 Å². The third-order valence-corrected chi connectivity index (χ3v) is 7.12. The highest BCUT2D eigenvalue weighted by molar-refractivity contribution is 7.99. The van der Waals surface area contributed by atoms with Crippen LogP contribution in [0.25, 0.3) is 11.0 Å². The summed E-state index contributed by atoms with van der Waals surface area (Å²) in [5, 5.41) is 0.934. The second-order valence-electron chi connectivity index (χ2n) is 7.14. The summed E-state index contributed by atoms with van der Waals surface area (Å²) in [6.07, 6.45) is 1.91. The molecule has 3 aromatic rings. The zero-order chi connectivity index (χ0) is 20.6. The summed E-state index contributed by atoms with van der Waals surface area (Å²) in [6.45, 7) is 8.41. The average Bonchev–Trinajstić information content (AvgIpc) is 3.20. The van der Waals surface area contributed by atoms with Crippen molar-refractivity contribution in [2.24, 2.45) is 0 Å². The van der Waals surface area contributed by atoms with Gasteiger partial charge in [-0.05, 0) is 30.7 Å². The zero-order valence-corrected chi connectivity index (χ0v) is 18.9. The van der Waals surface area contributed by atoms with Crippen LogP contribution in [-0.4, -0.2) is 71.7 Å². The molecule has 0 unspecified atom stereocenters. The van der Waals surface area contributed by atoms with E-state index in [-0.39, 0.29) is 0 Å². The zero-order valence-electron chi connectivity index (χ0n) is 17.3. The summed E-state index contributed by atoms with van der Waals surface area (Å²) in [5.74, 6) is 1.75. The van der Waals surface area contributed by atoms with Crippen molar-refractivity contribution in [3.63, 3.8) is 0 Å². The molecule has 1 aliphatic rings. The fourth-order valence-electron chi connectivity index (χ4n) is 3.33. The van der Waals surface area contributed by atoms with Crippen molar-refractivity contribution in [3.05, 3.63) is 47.8 Å². The van der Waals surface area contributed by atoms with Gasteiger partial charge in [-0.15, -0.1) is 11.8 Å². The van der Waals surface area contributed by atoms with Gasteiger partial charge in [-0.1, -0.05) is 23.9 Å². The van der Waals surface area contributed by atoms with Crippen LogP contribution in [0, 0.1) is 6.92 Å². The van der Waals surface area contributed by atoms with Crippen LogP contribution >= 0.6 is 23.5 Å². The number of fused-ring (bicyclic) bond motifs is 1. The summed E-state index contributed by atoms with van der Waals surface area (Å²) in [6, 6.07) is 10.2. The van der Waals surface area contributed by atoms with Crippen LogP contribution in [0.15, 0.2) is 46.6 Å². The maximum absolute atomic E-state index is 5.83. The molecule has 0 bridgehead atoms. The molecule has 0 aliphatic carbocycles. The molecule has 30 heavy (non-hydrogen) atoms. The van der Waals surface area contributed by atoms with Gasteiger partial charge in [-0.2, -0.15) is 0 Å². The third kappa shape index (κ3) is 5.98. The number of aromatic nitrogens is 3. The van der Waals surface area contributed by atoms with Gasteiger partial charge in [0.15, 0.2) is 5.16 Å². The Morgan fingerprint density at radius 1 is 1.13 bits per heavy atom. The number of aromatic amines is 1. The molecule has 0 spiro atoms. The highest BCUT2D eigenvalue weighted by Crippen LogP contribution is 2.28. The summed E-state index contributed by atoms with van der Waals surface area (Å²) in [7, 11) is 0. The van der Waals surface area contributed by atoms with Crippen LogP contribution in [0.3, 0.4) is 0 Å². The van der Waals surface area contributed by atoms with Gasteiger partial charge in [0.05, 0.1) is 43.2 Å². The van der Waals surface area contributed by atoms with E-state index in [1.807, 2.05) is 36.2 Å². The topological polar surface area (TPSA) is 63.3 Å². The van der Waals surface area contributed by atoms with Gasteiger partial charge < -0.3 is 14.5 Å². The lowest BCUT2D eigenvalue weighted by Gasteiger charge is -2.26. The molecular formula is C22H28N4O2S2. The Hall–Kier alpha value is -1.58. The van der Waals surface area contributed by atoms with Gasteiger partial charge in [0, 0.05) is 42.2 Å². The minimum absolute atomic E-state index is 0.764. The molecule has 1 saturated heterocycles. The second kappa shape index (κ2) is 11.2. The van der Waals surface area contributed by atoms with E-state index >= 15 is 0 Å². The van der Waals surface area contributed by atoms with E-state index in [2.05, 4.69) is 38.9 Å². The van der Waals surface area contributed by atoms with Crippen molar-refractivity contribution in [1.29, 1.82) is 0 Å². The fourth-order valence-corrected chi connectivity index (χ4v) is 5.15. The number of imidazole rings is 1. The number of nitrogens with zero attached hydrogens (tertiary/aromatic N) is 3. The highest BCUT2D eigenvalue weighted by Gasteiger charge is 2.10. The summed E-state index contributed by atoms with van der Waals surface area (Å²) in [4.78, 5) is 16.3. The van der Waals surface area contributed by atoms with Crippen LogP contribution in [0.2, 0.25) is 0 Å². The number of para-hydroxylation sites is 2. The third-order valence-electron chi connectivity index (χ3n) is 5.11. The molecule has 1 aromatic carbocycles. The van der Waals surface area contributed by atoms with Crippen molar-refractivity contribution < 1.29 is 9.47 Å². The van der Waals surface area contributed by atoms with Crippen LogP contribution in [-0.2, 0) is 15.2 Å². The van der Waals surface area contributed by atoms with Gasteiger partial charge in [0.1, 0.15) is 0 Å². The fraction of sp³-hybridized carbons (Fsp3) is 0.455. The monoisotopic (exact) mass is 444 g/mol. The Kier molecular flexibility index (Phi) is 8.05. The van der Waals surface area contributed by atoms with Crippen LogP contribution in [0.1, 0.15) is 11.3 Å². The molecule has 1 fully saturated rings. The quantitative estimate of drug-likeness (QED) is 0.375. The first kappa shape index (κ1) is 21.6. The Bertz CT molecular complexity index is 911. The van der Waals surface area contributed by atoms with E-state index in [1.54, 1.807) is 11.8 Å². The van der Waals surface area contributed by atoms with Gasteiger partial charge in [-0.25, -0.2) is 4.98 Å². The molecule has 0 radical (unpaired) electrons. The molecule has 2 aromatic heterocycles. The summed E-state index contributed by atoms with van der Waals surface area (Å²) in [5.41, 5.74) is 4.43. The average molecular weight is 445 g/mol. The van der Waals surface area contributed by atoms with Gasteiger partial charge >= 0.3 is 0 Å². The predicted octanol–water partition coefficient (Wildman–Crippen LogP) is 4.00. The standard InChI is InChI=1S/C22H28N4O2S2/c1-17-20(16-30-22-24-18-4-2-3-5-19(18)25-22)23-7-6-21(17)29-15-14-28-13-10-26-8-11-27-12-9-26/h2-7H,8-16H2,1H3,(H,24,25). The number of hydrogen-bond acceptors (Lipinski definition) is 7. The predicted molar refractivity (Wildman–Crippen MR) is 123 cm³/mol. The Balaban J connectivity index is 1.21.